The van der Waals surface area contributed by atoms with Crippen LogP contribution in [-0.4, -0.2) is 99.0 Å². The van der Waals surface area contributed by atoms with Crippen molar-refractivity contribution >= 4 is 23.7 Å². The van der Waals surface area contributed by atoms with E-state index in [2.05, 4.69) is 69.7 Å². The average molecular weight is 571 g/mol. The van der Waals surface area contributed by atoms with Crippen molar-refractivity contribution in [2.75, 3.05) is 65.9 Å². The Morgan fingerprint density at radius 1 is 0.692 bits per heavy atom. The van der Waals surface area contributed by atoms with Crippen molar-refractivity contribution in [3.8, 4) is 0 Å². The van der Waals surface area contributed by atoms with E-state index in [0.717, 1.165) is 50.3 Å². The number of quaternary nitrogens is 2. The number of rotatable bonds is 14. The molecule has 0 N–H and O–H groups in total. The number of ether oxygens (including phenoxy) is 2. The van der Waals surface area contributed by atoms with Crippen LogP contribution >= 0.6 is 11.8 Å². The molecule has 0 aromatic rings. The molecule has 6 atom stereocenters. The highest BCUT2D eigenvalue weighted by Gasteiger charge is 2.36. The lowest BCUT2D eigenvalue weighted by Gasteiger charge is -2.37. The zero-order chi connectivity index (χ0) is 29.4. The number of likely N-dealkylation sites (N-methyl/N-ethyl adjacent to an activating group) is 2. The molecule has 2 saturated carbocycles. The first-order valence-corrected chi connectivity index (χ1v) is 16.8. The van der Waals surface area contributed by atoms with Gasteiger partial charge in [-0.2, -0.15) is 11.8 Å². The van der Waals surface area contributed by atoms with Crippen LogP contribution in [0.25, 0.3) is 0 Å². The van der Waals surface area contributed by atoms with Crippen LogP contribution < -0.4 is 0 Å². The van der Waals surface area contributed by atoms with Crippen molar-refractivity contribution in [1.29, 1.82) is 0 Å². The van der Waals surface area contributed by atoms with E-state index in [-0.39, 0.29) is 24.1 Å². The minimum absolute atomic E-state index is 0.0573. The fourth-order valence-electron chi connectivity index (χ4n) is 6.50. The zero-order valence-corrected chi connectivity index (χ0v) is 27.9. The quantitative estimate of drug-likeness (QED) is 0.148. The summed E-state index contributed by atoms with van der Waals surface area (Å²) in [5.74, 6) is 5.18. The van der Waals surface area contributed by atoms with E-state index in [1.165, 1.54) is 12.8 Å². The van der Waals surface area contributed by atoms with Gasteiger partial charge in [-0.25, -0.2) is 9.59 Å². The van der Waals surface area contributed by atoms with Gasteiger partial charge in [-0.05, 0) is 61.2 Å². The first-order chi connectivity index (χ1) is 18.1. The molecule has 0 radical (unpaired) electrons. The monoisotopic (exact) mass is 570 g/mol. The minimum Gasteiger partial charge on any atom is -0.458 e. The minimum atomic E-state index is -0.0573. The van der Waals surface area contributed by atoms with Crippen molar-refractivity contribution in [2.24, 2.45) is 35.5 Å². The van der Waals surface area contributed by atoms with E-state index >= 15 is 0 Å². The number of thioether (sulfide) groups is 1. The summed E-state index contributed by atoms with van der Waals surface area (Å²) < 4.78 is 13.4. The number of hydrogen-bond acceptors (Lipinski definition) is 5. The lowest BCUT2D eigenvalue weighted by atomic mass is 9.75. The van der Waals surface area contributed by atoms with E-state index in [0.29, 0.717) is 57.6 Å². The van der Waals surface area contributed by atoms with Crippen LogP contribution in [0.15, 0.2) is 0 Å². The number of hydrogen-bond donors (Lipinski definition) is 0. The highest BCUT2D eigenvalue weighted by Crippen LogP contribution is 2.36. The predicted molar refractivity (Wildman–Crippen MR) is 163 cm³/mol. The first kappa shape index (κ1) is 34.4. The molecule has 2 aliphatic carbocycles. The molecule has 0 spiro atoms. The molecule has 0 aliphatic heterocycles. The standard InChI is InChI=1S/C32H62N2O4S/c1-23(2)27-13-11-25(5)19-29(27)37-31(35)21-33(7,8)15-17-39-18-16-34(9,10)22-32(36)38-30-20-26(6)12-14-28(30)24(3)4/h23-30H,11-22H2,1-10H3/q+2/t25-,26+,27-,28-,29-,30-/m1/s1. The van der Waals surface area contributed by atoms with Crippen LogP contribution in [0.4, 0.5) is 0 Å². The molecule has 7 heteroatoms. The Hall–Kier alpha value is -0.790. The van der Waals surface area contributed by atoms with E-state index in [9.17, 15) is 9.59 Å². The molecule has 0 bridgehead atoms. The van der Waals surface area contributed by atoms with Crippen LogP contribution in [0.2, 0.25) is 0 Å². The normalized spacial score (nSPS) is 28.5. The van der Waals surface area contributed by atoms with E-state index in [1.54, 1.807) is 0 Å². The van der Waals surface area contributed by atoms with Gasteiger partial charge in [0.15, 0.2) is 13.1 Å². The first-order valence-electron chi connectivity index (χ1n) is 15.7. The summed E-state index contributed by atoms with van der Waals surface area (Å²) in [6.07, 6.45) is 6.94. The smallest absolute Gasteiger partial charge is 0.362 e. The average Bonchev–Trinajstić information content (AvgIpc) is 2.77. The zero-order valence-electron chi connectivity index (χ0n) is 27.0. The van der Waals surface area contributed by atoms with Gasteiger partial charge in [-0.3, -0.25) is 0 Å². The molecule has 6 nitrogen and oxygen atoms in total. The van der Waals surface area contributed by atoms with Crippen molar-refractivity contribution in [3.05, 3.63) is 0 Å². The van der Waals surface area contributed by atoms with E-state index < -0.39 is 0 Å². The Labute approximate surface area is 245 Å². The largest absolute Gasteiger partial charge is 0.458 e. The third kappa shape index (κ3) is 12.3. The summed E-state index contributed by atoms with van der Waals surface area (Å²) >= 11 is 1.91. The van der Waals surface area contributed by atoms with Gasteiger partial charge in [0.1, 0.15) is 12.2 Å². The molecule has 228 valence electrons. The molecular weight excluding hydrogens is 508 g/mol. The number of carbonyl (C=O) groups is 2. The van der Waals surface area contributed by atoms with Gasteiger partial charge in [0.25, 0.3) is 0 Å². The molecule has 2 rings (SSSR count). The van der Waals surface area contributed by atoms with Gasteiger partial charge in [0, 0.05) is 11.5 Å². The molecule has 0 aromatic heterocycles. The van der Waals surface area contributed by atoms with Crippen LogP contribution in [0.3, 0.4) is 0 Å². The van der Waals surface area contributed by atoms with Gasteiger partial charge >= 0.3 is 11.9 Å². The van der Waals surface area contributed by atoms with Gasteiger partial charge in [-0.1, -0.05) is 54.4 Å². The molecule has 2 aliphatic rings. The SMILES string of the molecule is CC(C)[C@H]1CC[C@@H](C)C[C@H]1OC(=O)C[N+](C)(C)CCSCC[N+](C)(C)CC(=O)O[C@@H]1C[C@@H](C)CC[C@@H]1C(C)C. The third-order valence-electron chi connectivity index (χ3n) is 9.28. The third-order valence-corrected chi connectivity index (χ3v) is 10.2. The summed E-state index contributed by atoms with van der Waals surface area (Å²) in [4.78, 5) is 25.7. The lowest BCUT2D eigenvalue weighted by Crippen LogP contribution is -2.48. The lowest BCUT2D eigenvalue weighted by molar-refractivity contribution is -0.881. The summed E-state index contributed by atoms with van der Waals surface area (Å²) in [6.45, 7) is 16.2. The molecule has 0 amide bonds. The Morgan fingerprint density at radius 2 is 1.05 bits per heavy atom. The molecule has 0 unspecified atom stereocenters. The van der Waals surface area contributed by atoms with Crippen molar-refractivity contribution < 1.29 is 28.0 Å². The van der Waals surface area contributed by atoms with Gasteiger partial charge in [0.2, 0.25) is 0 Å². The molecule has 0 saturated heterocycles. The highest BCUT2D eigenvalue weighted by molar-refractivity contribution is 7.99. The summed E-state index contributed by atoms with van der Waals surface area (Å²) in [7, 11) is 8.49. The fraction of sp³-hybridized carbons (Fsp3) is 0.938. The molecular formula is C32H62N2O4S+2. The van der Waals surface area contributed by atoms with Crippen molar-refractivity contribution in [1.82, 2.24) is 0 Å². The van der Waals surface area contributed by atoms with Gasteiger partial charge < -0.3 is 18.4 Å². The molecule has 0 aromatic carbocycles. The van der Waals surface area contributed by atoms with Crippen molar-refractivity contribution in [2.45, 2.75) is 92.3 Å². The Balaban J connectivity index is 1.70. The summed E-state index contributed by atoms with van der Waals surface area (Å²) in [6, 6.07) is 0. The Bertz CT molecular complexity index is 707. The van der Waals surface area contributed by atoms with Crippen LogP contribution in [-0.2, 0) is 19.1 Å². The number of nitrogens with zero attached hydrogens (tertiary/aromatic N) is 2. The summed E-state index contributed by atoms with van der Waals surface area (Å²) in [5, 5.41) is 0. The molecule has 39 heavy (non-hydrogen) atoms. The van der Waals surface area contributed by atoms with E-state index in [1.807, 2.05) is 11.8 Å². The fourth-order valence-corrected chi connectivity index (χ4v) is 7.95. The maximum atomic E-state index is 12.9. The van der Waals surface area contributed by atoms with Gasteiger partial charge in [-0.15, -0.1) is 0 Å². The topological polar surface area (TPSA) is 52.6 Å². The highest BCUT2D eigenvalue weighted by atomic mass is 32.2. The van der Waals surface area contributed by atoms with Crippen LogP contribution in [0.5, 0.6) is 0 Å². The Morgan fingerprint density at radius 3 is 1.38 bits per heavy atom. The predicted octanol–water partition coefficient (Wildman–Crippen LogP) is 5.88. The second-order valence-corrected chi connectivity index (χ2v) is 16.2. The van der Waals surface area contributed by atoms with Crippen molar-refractivity contribution in [3.63, 3.8) is 0 Å². The summed E-state index contributed by atoms with van der Waals surface area (Å²) in [5.41, 5.74) is 0. The van der Waals surface area contributed by atoms with Gasteiger partial charge in [0.05, 0.1) is 41.3 Å². The maximum absolute atomic E-state index is 12.9. The van der Waals surface area contributed by atoms with Crippen LogP contribution in [0.1, 0.15) is 80.1 Å². The second-order valence-electron chi connectivity index (χ2n) is 15.0. The number of esters is 2. The molecule has 2 fully saturated rings. The van der Waals surface area contributed by atoms with Crippen LogP contribution in [0, 0.1) is 35.5 Å². The Kier molecular flexibility index (Phi) is 13.6. The number of carbonyl (C=O) groups excluding carboxylic acids is 2. The van der Waals surface area contributed by atoms with E-state index in [4.69, 9.17) is 9.47 Å². The molecule has 0 heterocycles. The maximum Gasteiger partial charge on any atom is 0.362 e. The second kappa shape index (κ2) is 15.4.